The van der Waals surface area contributed by atoms with Crippen LogP contribution in [0.25, 0.3) is 0 Å². The van der Waals surface area contributed by atoms with E-state index in [1.807, 2.05) is 13.8 Å². The molecule has 0 aliphatic rings. The van der Waals surface area contributed by atoms with Crippen LogP contribution in [0.5, 0.6) is 0 Å². The molecule has 8 heteroatoms. The normalized spacial score (nSPS) is 12.2. The van der Waals surface area contributed by atoms with Crippen LogP contribution in [-0.2, 0) is 4.79 Å². The van der Waals surface area contributed by atoms with Gasteiger partial charge in [0.15, 0.2) is 10.8 Å². The Morgan fingerprint density at radius 2 is 2.15 bits per heavy atom. The van der Waals surface area contributed by atoms with Crippen molar-refractivity contribution in [1.82, 2.24) is 14.8 Å². The van der Waals surface area contributed by atoms with Gasteiger partial charge < -0.3 is 5.11 Å². The summed E-state index contributed by atoms with van der Waals surface area (Å²) in [5, 5.41) is 16.0. The van der Waals surface area contributed by atoms with E-state index >= 15 is 0 Å². The van der Waals surface area contributed by atoms with Gasteiger partial charge in [-0.1, -0.05) is 0 Å². The van der Waals surface area contributed by atoms with Gasteiger partial charge in [-0.15, -0.1) is 11.3 Å². The number of carboxylic acid groups (broad SMARTS) is 1. The van der Waals surface area contributed by atoms with Crippen LogP contribution >= 0.6 is 11.3 Å². The molecule has 0 bridgehead atoms. The summed E-state index contributed by atoms with van der Waals surface area (Å²) in [6, 6.07) is 0.656. The smallest absolute Gasteiger partial charge is 0.328 e. The second-order valence-corrected chi connectivity index (χ2v) is 5.51. The highest BCUT2D eigenvalue weighted by molar-refractivity contribution is 7.15. The predicted octanol–water partition coefficient (Wildman–Crippen LogP) is 1.85. The van der Waals surface area contributed by atoms with Crippen LogP contribution in [0.3, 0.4) is 0 Å². The predicted molar refractivity (Wildman–Crippen MR) is 74.1 cm³/mol. The number of nitrogens with one attached hydrogen (secondary N) is 1. The van der Waals surface area contributed by atoms with E-state index in [0.717, 1.165) is 10.6 Å². The van der Waals surface area contributed by atoms with Crippen LogP contribution < -0.4 is 5.32 Å². The summed E-state index contributed by atoms with van der Waals surface area (Å²) in [5.41, 5.74) is 1.03. The third kappa shape index (κ3) is 2.85. The molecule has 0 spiro atoms. The molecule has 2 heterocycles. The first-order valence-electron chi connectivity index (χ1n) is 5.92. The molecular formula is C12H14N4O3S. The zero-order valence-electron chi connectivity index (χ0n) is 11.2. The van der Waals surface area contributed by atoms with Gasteiger partial charge in [0.25, 0.3) is 5.91 Å². The lowest BCUT2D eigenvalue weighted by Crippen LogP contribution is -2.18. The Kier molecular flexibility index (Phi) is 3.84. The Labute approximate surface area is 119 Å². The van der Waals surface area contributed by atoms with Gasteiger partial charge in [0.1, 0.15) is 6.04 Å². The number of amides is 1. The van der Waals surface area contributed by atoms with E-state index in [0.29, 0.717) is 5.13 Å². The minimum absolute atomic E-state index is 0.156. The highest BCUT2D eigenvalue weighted by atomic mass is 32.1. The minimum Gasteiger partial charge on any atom is -0.480 e. The first-order chi connectivity index (χ1) is 9.38. The van der Waals surface area contributed by atoms with Gasteiger partial charge in [0.2, 0.25) is 0 Å². The molecule has 1 amide bonds. The van der Waals surface area contributed by atoms with E-state index in [4.69, 9.17) is 5.11 Å². The number of aliphatic carboxylic acids is 1. The Hall–Kier alpha value is -2.22. The number of carbonyl (C=O) groups is 2. The van der Waals surface area contributed by atoms with E-state index in [1.54, 1.807) is 0 Å². The molecule has 2 rings (SSSR count). The molecule has 0 aliphatic carbocycles. The molecule has 2 aromatic rings. The molecule has 2 aromatic heterocycles. The van der Waals surface area contributed by atoms with Gasteiger partial charge in [-0.2, -0.15) is 5.10 Å². The van der Waals surface area contributed by atoms with Crippen molar-refractivity contribution in [2.24, 2.45) is 0 Å². The molecule has 0 radical (unpaired) electrons. The zero-order chi connectivity index (χ0) is 14.9. The van der Waals surface area contributed by atoms with Crippen LogP contribution in [-0.4, -0.2) is 31.7 Å². The third-order valence-electron chi connectivity index (χ3n) is 2.84. The molecule has 2 N–H and O–H groups in total. The number of aromatic nitrogens is 3. The van der Waals surface area contributed by atoms with Gasteiger partial charge in [0.05, 0.1) is 5.69 Å². The van der Waals surface area contributed by atoms with Crippen molar-refractivity contribution in [3.05, 3.63) is 28.5 Å². The number of rotatable bonds is 4. The Morgan fingerprint density at radius 3 is 2.70 bits per heavy atom. The number of thiazole rings is 1. The van der Waals surface area contributed by atoms with E-state index in [9.17, 15) is 9.59 Å². The van der Waals surface area contributed by atoms with E-state index in [2.05, 4.69) is 15.4 Å². The van der Waals surface area contributed by atoms with E-state index in [-0.39, 0.29) is 5.69 Å². The number of carboxylic acids is 1. The van der Waals surface area contributed by atoms with Crippen molar-refractivity contribution in [3.63, 3.8) is 0 Å². The number of hydrogen-bond donors (Lipinski definition) is 2. The lowest BCUT2D eigenvalue weighted by molar-refractivity contribution is -0.140. The molecule has 0 saturated heterocycles. The Morgan fingerprint density at radius 1 is 1.45 bits per heavy atom. The summed E-state index contributed by atoms with van der Waals surface area (Å²) in [4.78, 5) is 28.0. The lowest BCUT2D eigenvalue weighted by Gasteiger charge is -2.05. The number of anilines is 1. The highest BCUT2D eigenvalue weighted by Gasteiger charge is 2.17. The van der Waals surface area contributed by atoms with Crippen LogP contribution in [0, 0.1) is 13.8 Å². The van der Waals surface area contributed by atoms with Crippen molar-refractivity contribution in [1.29, 1.82) is 0 Å². The second kappa shape index (κ2) is 5.41. The van der Waals surface area contributed by atoms with Crippen LogP contribution in [0.4, 0.5) is 5.13 Å². The molecule has 0 aromatic carbocycles. The summed E-state index contributed by atoms with van der Waals surface area (Å²) in [5.74, 6) is -1.42. The molecule has 106 valence electrons. The SMILES string of the molecule is Cc1nc(NC(=O)c2ccn(C(C)C(=O)O)n2)sc1C. The van der Waals surface area contributed by atoms with Crippen molar-refractivity contribution >= 4 is 28.3 Å². The molecule has 0 fully saturated rings. The molecule has 7 nitrogen and oxygen atoms in total. The highest BCUT2D eigenvalue weighted by Crippen LogP contribution is 2.21. The van der Waals surface area contributed by atoms with Gasteiger partial charge in [0, 0.05) is 11.1 Å². The molecule has 20 heavy (non-hydrogen) atoms. The fourth-order valence-electron chi connectivity index (χ4n) is 1.48. The molecule has 0 aliphatic heterocycles. The van der Waals surface area contributed by atoms with Crippen molar-refractivity contribution < 1.29 is 14.7 Å². The van der Waals surface area contributed by atoms with Gasteiger partial charge in [-0.3, -0.25) is 14.8 Å². The van der Waals surface area contributed by atoms with Gasteiger partial charge >= 0.3 is 5.97 Å². The zero-order valence-corrected chi connectivity index (χ0v) is 12.1. The fraction of sp³-hybridized carbons (Fsp3) is 0.333. The standard InChI is InChI=1S/C12H14N4O3S/c1-6-8(3)20-12(13-6)14-10(17)9-4-5-16(15-9)7(2)11(18)19/h4-5,7H,1-3H3,(H,18,19)(H,13,14,17). The van der Waals surface area contributed by atoms with Crippen LogP contribution in [0.2, 0.25) is 0 Å². The topological polar surface area (TPSA) is 97.1 Å². The molecule has 1 atom stereocenters. The fourth-order valence-corrected chi connectivity index (χ4v) is 2.29. The maximum atomic E-state index is 12.0. The van der Waals surface area contributed by atoms with E-state index in [1.165, 1.54) is 35.2 Å². The summed E-state index contributed by atoms with van der Waals surface area (Å²) in [7, 11) is 0. The van der Waals surface area contributed by atoms with E-state index < -0.39 is 17.9 Å². The molecular weight excluding hydrogens is 280 g/mol. The summed E-state index contributed by atoms with van der Waals surface area (Å²) >= 11 is 1.38. The number of hydrogen-bond acceptors (Lipinski definition) is 5. The average molecular weight is 294 g/mol. The van der Waals surface area contributed by atoms with Crippen LogP contribution in [0.15, 0.2) is 12.3 Å². The average Bonchev–Trinajstić information content (AvgIpc) is 2.96. The maximum Gasteiger partial charge on any atom is 0.328 e. The quantitative estimate of drug-likeness (QED) is 0.897. The molecule has 0 saturated carbocycles. The Balaban J connectivity index is 2.12. The molecule has 1 unspecified atom stereocenters. The number of aryl methyl sites for hydroxylation is 2. The van der Waals surface area contributed by atoms with Crippen LogP contribution in [0.1, 0.15) is 34.0 Å². The maximum absolute atomic E-state index is 12.0. The van der Waals surface area contributed by atoms with Gasteiger partial charge in [-0.05, 0) is 26.8 Å². The summed E-state index contributed by atoms with van der Waals surface area (Å²) < 4.78 is 1.23. The summed E-state index contributed by atoms with van der Waals surface area (Å²) in [6.45, 7) is 5.28. The monoisotopic (exact) mass is 294 g/mol. The van der Waals surface area contributed by atoms with Crippen molar-refractivity contribution in [2.75, 3.05) is 5.32 Å². The Bertz CT molecular complexity index is 642. The van der Waals surface area contributed by atoms with Crippen molar-refractivity contribution in [2.45, 2.75) is 26.8 Å². The first-order valence-corrected chi connectivity index (χ1v) is 6.73. The first kappa shape index (κ1) is 14.2. The number of carbonyl (C=O) groups excluding carboxylic acids is 1. The minimum atomic E-state index is -1.01. The van der Waals surface area contributed by atoms with Crippen molar-refractivity contribution in [3.8, 4) is 0 Å². The largest absolute Gasteiger partial charge is 0.480 e. The lowest BCUT2D eigenvalue weighted by atomic mass is 10.3. The van der Waals surface area contributed by atoms with Gasteiger partial charge in [-0.25, -0.2) is 9.78 Å². The summed E-state index contributed by atoms with van der Waals surface area (Å²) in [6.07, 6.45) is 1.46. The third-order valence-corrected chi connectivity index (χ3v) is 3.83. The second-order valence-electron chi connectivity index (χ2n) is 4.31. The number of nitrogens with zero attached hydrogens (tertiary/aromatic N) is 3.